The van der Waals surface area contributed by atoms with Crippen LogP contribution in [0, 0.1) is 0 Å². The summed E-state index contributed by atoms with van der Waals surface area (Å²) >= 11 is 12.3. The molecule has 5 nitrogen and oxygen atoms in total. The van der Waals surface area contributed by atoms with Gasteiger partial charge in [0.1, 0.15) is 0 Å². The first-order valence-electron chi connectivity index (χ1n) is 5.45. The molecule has 0 aliphatic carbocycles. The van der Waals surface area contributed by atoms with Crippen LogP contribution in [0.4, 0.5) is 0 Å². The van der Waals surface area contributed by atoms with E-state index in [1.54, 1.807) is 29.3 Å². The number of hydrogen-bond acceptors (Lipinski definition) is 4. The Labute approximate surface area is 115 Å². The minimum Gasteiger partial charge on any atom is -0.271 e. The van der Waals surface area contributed by atoms with Crippen LogP contribution in [0.15, 0.2) is 24.7 Å². The van der Waals surface area contributed by atoms with Crippen LogP contribution < -0.4 is 11.3 Å². The van der Waals surface area contributed by atoms with Gasteiger partial charge in [0.25, 0.3) is 0 Å². The first kappa shape index (κ1) is 13.3. The molecule has 1 atom stereocenters. The molecule has 0 aliphatic heterocycles. The third-order valence-corrected chi connectivity index (χ3v) is 3.29. The number of halogens is 2. The van der Waals surface area contributed by atoms with Crippen LogP contribution in [0.1, 0.15) is 24.2 Å². The lowest BCUT2D eigenvalue weighted by molar-refractivity contribution is 0.543. The topological polar surface area (TPSA) is 68.8 Å². The molecule has 96 valence electrons. The molecule has 0 saturated heterocycles. The van der Waals surface area contributed by atoms with E-state index in [0.717, 1.165) is 11.3 Å². The Morgan fingerprint density at radius 3 is 2.78 bits per heavy atom. The lowest BCUT2D eigenvalue weighted by Gasteiger charge is -2.19. The van der Waals surface area contributed by atoms with Crippen molar-refractivity contribution in [2.45, 2.75) is 19.5 Å². The Morgan fingerprint density at radius 2 is 2.17 bits per heavy atom. The predicted octanol–water partition coefficient (Wildman–Crippen LogP) is 2.16. The molecule has 2 rings (SSSR count). The summed E-state index contributed by atoms with van der Waals surface area (Å²) in [5, 5.41) is 5.27. The van der Waals surface area contributed by atoms with Crippen molar-refractivity contribution in [1.82, 2.24) is 20.2 Å². The Bertz CT molecular complexity index is 540. The lowest BCUT2D eigenvalue weighted by atomic mass is 10.1. The predicted molar refractivity (Wildman–Crippen MR) is 71.3 cm³/mol. The molecule has 7 heteroatoms. The average molecular weight is 286 g/mol. The zero-order valence-corrected chi connectivity index (χ0v) is 11.3. The summed E-state index contributed by atoms with van der Waals surface area (Å²) in [5.41, 5.74) is 4.32. The molecular formula is C11H13Cl2N5. The Hall–Kier alpha value is -1.14. The molecule has 0 aliphatic rings. The zero-order valence-electron chi connectivity index (χ0n) is 9.77. The number of hydrogen-bond donors (Lipinski definition) is 2. The number of aromatic nitrogens is 3. The lowest BCUT2D eigenvalue weighted by Crippen LogP contribution is -2.31. The van der Waals surface area contributed by atoms with Crippen molar-refractivity contribution in [2.24, 2.45) is 5.84 Å². The molecule has 2 heterocycles. The molecule has 0 spiro atoms. The van der Waals surface area contributed by atoms with E-state index in [0.29, 0.717) is 16.6 Å². The molecule has 0 radical (unpaired) electrons. The van der Waals surface area contributed by atoms with Crippen molar-refractivity contribution in [3.63, 3.8) is 0 Å². The molecule has 2 aromatic rings. The molecule has 0 bridgehead atoms. The summed E-state index contributed by atoms with van der Waals surface area (Å²) in [4.78, 5) is 3.95. The molecule has 3 N–H and O–H groups in total. The monoisotopic (exact) mass is 285 g/mol. The normalized spacial score (nSPS) is 12.7. The summed E-state index contributed by atoms with van der Waals surface area (Å²) in [5.74, 6) is 5.63. The van der Waals surface area contributed by atoms with Crippen LogP contribution in [0.5, 0.6) is 0 Å². The van der Waals surface area contributed by atoms with Crippen LogP contribution >= 0.6 is 23.2 Å². The van der Waals surface area contributed by atoms with Gasteiger partial charge in [0, 0.05) is 18.9 Å². The van der Waals surface area contributed by atoms with E-state index in [-0.39, 0.29) is 6.04 Å². The maximum atomic E-state index is 6.16. The molecule has 18 heavy (non-hydrogen) atoms. The number of rotatable bonds is 4. The molecule has 1 unspecified atom stereocenters. The second-order valence-corrected chi connectivity index (χ2v) is 4.50. The van der Waals surface area contributed by atoms with Crippen molar-refractivity contribution in [3.8, 4) is 0 Å². The van der Waals surface area contributed by atoms with Gasteiger partial charge in [-0.15, -0.1) is 0 Å². The first-order chi connectivity index (χ1) is 8.69. The van der Waals surface area contributed by atoms with Crippen LogP contribution in [0.2, 0.25) is 10.0 Å². The number of hydrazine groups is 1. The number of nitrogens with zero attached hydrogens (tertiary/aromatic N) is 3. The van der Waals surface area contributed by atoms with E-state index in [4.69, 9.17) is 29.0 Å². The summed E-state index contributed by atoms with van der Waals surface area (Å²) in [6.45, 7) is 2.68. The highest BCUT2D eigenvalue weighted by atomic mass is 35.5. The van der Waals surface area contributed by atoms with E-state index < -0.39 is 0 Å². The van der Waals surface area contributed by atoms with Crippen molar-refractivity contribution >= 4 is 23.2 Å². The Morgan fingerprint density at radius 1 is 1.39 bits per heavy atom. The second-order valence-electron chi connectivity index (χ2n) is 3.69. The van der Waals surface area contributed by atoms with E-state index in [9.17, 15) is 0 Å². The largest absolute Gasteiger partial charge is 0.271 e. The molecular weight excluding hydrogens is 273 g/mol. The number of nitrogens with one attached hydrogen (secondary N) is 1. The van der Waals surface area contributed by atoms with Crippen molar-refractivity contribution in [2.75, 3.05) is 0 Å². The van der Waals surface area contributed by atoms with Crippen LogP contribution in [0.25, 0.3) is 0 Å². The van der Waals surface area contributed by atoms with Crippen LogP contribution in [-0.4, -0.2) is 14.8 Å². The third kappa shape index (κ3) is 2.35. The van der Waals surface area contributed by atoms with Gasteiger partial charge in [-0.1, -0.05) is 23.2 Å². The van der Waals surface area contributed by atoms with Gasteiger partial charge in [0.15, 0.2) is 0 Å². The third-order valence-electron chi connectivity index (χ3n) is 2.69. The highest BCUT2D eigenvalue weighted by molar-refractivity contribution is 6.32. The molecule has 0 fully saturated rings. The smallest absolute Gasteiger partial charge is 0.0908 e. The summed E-state index contributed by atoms with van der Waals surface area (Å²) in [6.07, 6.45) is 4.83. The van der Waals surface area contributed by atoms with E-state index in [2.05, 4.69) is 15.5 Å². The van der Waals surface area contributed by atoms with Crippen molar-refractivity contribution < 1.29 is 0 Å². The van der Waals surface area contributed by atoms with Crippen LogP contribution in [0.3, 0.4) is 0 Å². The van der Waals surface area contributed by atoms with Gasteiger partial charge in [-0.05, 0) is 18.6 Å². The van der Waals surface area contributed by atoms with Gasteiger partial charge in [0.05, 0.1) is 28.0 Å². The van der Waals surface area contributed by atoms with Gasteiger partial charge in [-0.3, -0.25) is 15.5 Å². The minimum absolute atomic E-state index is 0.324. The molecule has 2 aromatic heterocycles. The number of pyridine rings is 1. The van der Waals surface area contributed by atoms with Gasteiger partial charge < -0.3 is 0 Å². The fourth-order valence-electron chi connectivity index (χ4n) is 1.85. The number of aryl methyl sites for hydroxylation is 1. The minimum atomic E-state index is -0.324. The zero-order chi connectivity index (χ0) is 13.1. The molecule has 0 amide bonds. The molecule has 0 aromatic carbocycles. The maximum absolute atomic E-state index is 6.16. The van der Waals surface area contributed by atoms with Crippen molar-refractivity contribution in [3.05, 3.63) is 46.0 Å². The summed E-state index contributed by atoms with van der Waals surface area (Å²) in [6, 6.07) is 1.48. The quantitative estimate of drug-likeness (QED) is 0.667. The van der Waals surface area contributed by atoms with E-state index in [1.165, 1.54) is 0 Å². The fraction of sp³-hybridized carbons (Fsp3) is 0.273. The first-order valence-corrected chi connectivity index (χ1v) is 6.21. The summed E-state index contributed by atoms with van der Waals surface area (Å²) < 4.78 is 1.78. The van der Waals surface area contributed by atoms with Gasteiger partial charge in [0.2, 0.25) is 0 Å². The van der Waals surface area contributed by atoms with Gasteiger partial charge >= 0.3 is 0 Å². The second kappa shape index (κ2) is 5.67. The van der Waals surface area contributed by atoms with Crippen LogP contribution in [-0.2, 0) is 6.54 Å². The fourth-order valence-corrected chi connectivity index (χ4v) is 2.33. The Kier molecular flexibility index (Phi) is 4.19. The van der Waals surface area contributed by atoms with Gasteiger partial charge in [-0.25, -0.2) is 5.43 Å². The van der Waals surface area contributed by atoms with E-state index in [1.807, 2.05) is 6.92 Å². The highest BCUT2D eigenvalue weighted by Crippen LogP contribution is 2.31. The molecule has 0 saturated carbocycles. The Balaban J connectivity index is 2.52. The van der Waals surface area contributed by atoms with E-state index >= 15 is 0 Å². The standard InChI is InChI=1S/C11H13Cl2N5/c1-2-18-11(9(13)6-16-18)10(17-14)7-3-4-15-5-8(7)12/h3-6,10,17H,2,14H2,1H3. The SMILES string of the molecule is CCn1ncc(Cl)c1C(NN)c1ccncc1Cl. The highest BCUT2D eigenvalue weighted by Gasteiger charge is 2.22. The van der Waals surface area contributed by atoms with Crippen molar-refractivity contribution in [1.29, 1.82) is 0 Å². The number of nitrogens with two attached hydrogens (primary N) is 1. The average Bonchev–Trinajstić information content (AvgIpc) is 2.74. The summed E-state index contributed by atoms with van der Waals surface area (Å²) in [7, 11) is 0. The van der Waals surface area contributed by atoms with Gasteiger partial charge in [-0.2, -0.15) is 5.10 Å². The maximum Gasteiger partial charge on any atom is 0.0908 e.